The first-order valence-corrected chi connectivity index (χ1v) is 6.04. The largest absolute Gasteiger partial charge is 0.380 e. The second kappa shape index (κ2) is 6.65. The monoisotopic (exact) mass is 272 g/mol. The Bertz CT molecular complexity index is 601. The summed E-state index contributed by atoms with van der Waals surface area (Å²) in [5, 5.41) is 2.80. The summed E-state index contributed by atoms with van der Waals surface area (Å²) in [5.41, 5.74) is 5.05. The first kappa shape index (κ1) is 14.0. The number of nitrogens with two attached hydrogens (primary N) is 1. The van der Waals surface area contributed by atoms with E-state index in [2.05, 4.69) is 15.7 Å². The maximum absolute atomic E-state index is 12.2. The summed E-state index contributed by atoms with van der Waals surface area (Å²) >= 11 is 0. The fourth-order valence-corrected chi connectivity index (χ4v) is 1.81. The number of nitrogens with one attached hydrogen (secondary N) is 2. The van der Waals surface area contributed by atoms with Crippen LogP contribution < -0.4 is 16.6 Å². The van der Waals surface area contributed by atoms with Crippen LogP contribution >= 0.6 is 0 Å². The lowest BCUT2D eigenvalue weighted by molar-refractivity contribution is 0.102. The average Bonchev–Trinajstić information content (AvgIpc) is 2.48. The van der Waals surface area contributed by atoms with Crippen LogP contribution in [0.5, 0.6) is 0 Å². The minimum Gasteiger partial charge on any atom is -0.380 e. The SMILES string of the molecule is COCc1cccc(NC(=O)c2cnccc2NN)c1. The van der Waals surface area contributed by atoms with Crippen LogP contribution in [0.1, 0.15) is 15.9 Å². The number of nitrogen functional groups attached to an aromatic ring is 1. The highest BCUT2D eigenvalue weighted by molar-refractivity contribution is 6.07. The van der Waals surface area contributed by atoms with Gasteiger partial charge in [-0.15, -0.1) is 0 Å². The van der Waals surface area contributed by atoms with Crippen molar-refractivity contribution in [2.24, 2.45) is 5.84 Å². The van der Waals surface area contributed by atoms with Gasteiger partial charge in [-0.05, 0) is 23.8 Å². The summed E-state index contributed by atoms with van der Waals surface area (Å²) in [6, 6.07) is 9.08. The zero-order chi connectivity index (χ0) is 14.4. The van der Waals surface area contributed by atoms with Crippen LogP contribution in [-0.4, -0.2) is 18.0 Å². The van der Waals surface area contributed by atoms with Gasteiger partial charge in [0.1, 0.15) is 0 Å². The molecule has 6 nitrogen and oxygen atoms in total. The summed E-state index contributed by atoms with van der Waals surface area (Å²) in [4.78, 5) is 16.1. The normalized spacial score (nSPS) is 10.1. The van der Waals surface area contributed by atoms with Crippen LogP contribution in [0.15, 0.2) is 42.7 Å². The van der Waals surface area contributed by atoms with Gasteiger partial charge in [0, 0.05) is 25.2 Å². The van der Waals surface area contributed by atoms with Crippen molar-refractivity contribution in [3.8, 4) is 0 Å². The number of aromatic nitrogens is 1. The summed E-state index contributed by atoms with van der Waals surface area (Å²) in [6.07, 6.45) is 3.02. The number of hydrogen-bond donors (Lipinski definition) is 3. The Morgan fingerprint density at radius 3 is 3.00 bits per heavy atom. The van der Waals surface area contributed by atoms with Gasteiger partial charge < -0.3 is 15.5 Å². The molecule has 6 heteroatoms. The Balaban J connectivity index is 2.17. The van der Waals surface area contributed by atoms with E-state index in [-0.39, 0.29) is 5.91 Å². The molecule has 1 heterocycles. The van der Waals surface area contributed by atoms with Gasteiger partial charge in [0.2, 0.25) is 0 Å². The molecule has 2 rings (SSSR count). The fraction of sp³-hybridized carbons (Fsp3) is 0.143. The molecule has 2 aromatic rings. The van der Waals surface area contributed by atoms with Gasteiger partial charge in [-0.2, -0.15) is 0 Å². The molecule has 0 bridgehead atoms. The molecular formula is C14H16N4O2. The number of hydrazine groups is 1. The molecule has 0 aliphatic heterocycles. The van der Waals surface area contributed by atoms with Crippen molar-refractivity contribution in [3.63, 3.8) is 0 Å². The third-order valence-corrected chi connectivity index (χ3v) is 2.72. The zero-order valence-electron chi connectivity index (χ0n) is 11.1. The molecule has 0 fully saturated rings. The molecule has 0 aliphatic rings. The zero-order valence-corrected chi connectivity index (χ0v) is 11.1. The van der Waals surface area contributed by atoms with Crippen LogP contribution in [-0.2, 0) is 11.3 Å². The Kier molecular flexibility index (Phi) is 4.65. The molecule has 0 radical (unpaired) electrons. The standard InChI is InChI=1S/C14H16N4O2/c1-20-9-10-3-2-4-11(7-10)17-14(19)12-8-16-6-5-13(12)18-15/h2-8H,9,15H2,1H3,(H,16,18)(H,17,19). The number of nitrogens with zero attached hydrogens (tertiary/aromatic N) is 1. The van der Waals surface area contributed by atoms with Crippen LogP contribution in [0, 0.1) is 0 Å². The van der Waals surface area contributed by atoms with Gasteiger partial charge in [0.05, 0.1) is 17.9 Å². The second-order valence-electron chi connectivity index (χ2n) is 4.15. The maximum atomic E-state index is 12.2. The molecule has 104 valence electrons. The molecular weight excluding hydrogens is 256 g/mol. The van der Waals surface area contributed by atoms with Crippen molar-refractivity contribution in [2.45, 2.75) is 6.61 Å². The molecule has 0 spiro atoms. The minimum atomic E-state index is -0.277. The summed E-state index contributed by atoms with van der Waals surface area (Å²) in [5.74, 6) is 5.09. The lowest BCUT2D eigenvalue weighted by Gasteiger charge is -2.10. The van der Waals surface area contributed by atoms with E-state index in [9.17, 15) is 4.79 Å². The number of carbonyl (C=O) groups excluding carboxylic acids is 1. The molecule has 0 aliphatic carbocycles. The molecule has 0 atom stereocenters. The number of ether oxygens (including phenoxy) is 1. The van der Waals surface area contributed by atoms with Crippen molar-refractivity contribution < 1.29 is 9.53 Å². The van der Waals surface area contributed by atoms with E-state index >= 15 is 0 Å². The van der Waals surface area contributed by atoms with Crippen LogP contribution in [0.4, 0.5) is 11.4 Å². The minimum absolute atomic E-state index is 0.277. The number of amides is 1. The molecule has 1 aromatic carbocycles. The average molecular weight is 272 g/mol. The van der Waals surface area contributed by atoms with Crippen molar-refractivity contribution in [2.75, 3.05) is 17.9 Å². The van der Waals surface area contributed by atoms with E-state index in [1.807, 2.05) is 24.3 Å². The third kappa shape index (κ3) is 3.31. The third-order valence-electron chi connectivity index (χ3n) is 2.72. The molecule has 1 amide bonds. The van der Waals surface area contributed by atoms with Crippen LogP contribution in [0.2, 0.25) is 0 Å². The van der Waals surface area contributed by atoms with Gasteiger partial charge in [-0.3, -0.25) is 15.6 Å². The van der Waals surface area contributed by atoms with Gasteiger partial charge in [0.25, 0.3) is 5.91 Å². The Morgan fingerprint density at radius 1 is 1.40 bits per heavy atom. The number of pyridine rings is 1. The number of carbonyl (C=O) groups is 1. The highest BCUT2D eigenvalue weighted by atomic mass is 16.5. The highest BCUT2D eigenvalue weighted by Gasteiger charge is 2.11. The predicted molar refractivity (Wildman–Crippen MR) is 77.2 cm³/mol. The summed E-state index contributed by atoms with van der Waals surface area (Å²) < 4.78 is 5.06. The van der Waals surface area contributed by atoms with Crippen molar-refractivity contribution in [1.82, 2.24) is 4.98 Å². The smallest absolute Gasteiger partial charge is 0.259 e. The second-order valence-corrected chi connectivity index (χ2v) is 4.15. The first-order valence-electron chi connectivity index (χ1n) is 6.04. The Labute approximate surface area is 116 Å². The molecule has 20 heavy (non-hydrogen) atoms. The number of anilines is 2. The molecule has 0 saturated heterocycles. The maximum Gasteiger partial charge on any atom is 0.259 e. The Morgan fingerprint density at radius 2 is 2.25 bits per heavy atom. The first-order chi connectivity index (χ1) is 9.74. The van der Waals surface area contributed by atoms with Crippen molar-refractivity contribution in [3.05, 3.63) is 53.9 Å². The van der Waals surface area contributed by atoms with E-state index in [0.717, 1.165) is 5.56 Å². The van der Waals surface area contributed by atoms with Crippen molar-refractivity contribution in [1.29, 1.82) is 0 Å². The Hall–Kier alpha value is -2.44. The van der Waals surface area contributed by atoms with Crippen LogP contribution in [0.25, 0.3) is 0 Å². The predicted octanol–water partition coefficient (Wildman–Crippen LogP) is 1.77. The van der Waals surface area contributed by atoms with E-state index in [1.165, 1.54) is 6.20 Å². The van der Waals surface area contributed by atoms with E-state index in [4.69, 9.17) is 10.6 Å². The topological polar surface area (TPSA) is 89.3 Å². The van der Waals surface area contributed by atoms with Gasteiger partial charge in [-0.1, -0.05) is 12.1 Å². The van der Waals surface area contributed by atoms with E-state index in [1.54, 1.807) is 19.4 Å². The fourth-order valence-electron chi connectivity index (χ4n) is 1.81. The quantitative estimate of drug-likeness (QED) is 0.570. The van der Waals surface area contributed by atoms with E-state index in [0.29, 0.717) is 23.5 Å². The molecule has 4 N–H and O–H groups in total. The number of benzene rings is 1. The number of hydrogen-bond acceptors (Lipinski definition) is 5. The lowest BCUT2D eigenvalue weighted by atomic mass is 10.2. The molecule has 0 unspecified atom stereocenters. The molecule has 0 saturated carbocycles. The summed E-state index contributed by atoms with van der Waals surface area (Å²) in [7, 11) is 1.63. The van der Waals surface area contributed by atoms with Gasteiger partial charge >= 0.3 is 0 Å². The van der Waals surface area contributed by atoms with Gasteiger partial charge in [-0.25, -0.2) is 0 Å². The van der Waals surface area contributed by atoms with Crippen LogP contribution in [0.3, 0.4) is 0 Å². The van der Waals surface area contributed by atoms with Crippen molar-refractivity contribution >= 4 is 17.3 Å². The lowest BCUT2D eigenvalue weighted by Crippen LogP contribution is -2.17. The number of methoxy groups -OCH3 is 1. The van der Waals surface area contributed by atoms with E-state index < -0.39 is 0 Å². The summed E-state index contributed by atoms with van der Waals surface area (Å²) in [6.45, 7) is 0.492. The van der Waals surface area contributed by atoms with Gasteiger partial charge in [0.15, 0.2) is 0 Å². The number of rotatable bonds is 5. The highest BCUT2D eigenvalue weighted by Crippen LogP contribution is 2.16. The molecule has 1 aromatic heterocycles.